The molecule has 38 heavy (non-hydrogen) atoms. The number of ether oxygens (including phenoxy) is 1. The Morgan fingerprint density at radius 2 is 2.00 bits per heavy atom. The van der Waals surface area contributed by atoms with Gasteiger partial charge in [-0.05, 0) is 37.6 Å². The summed E-state index contributed by atoms with van der Waals surface area (Å²) in [6.45, 7) is 3.05. The largest absolute Gasteiger partial charge is 0.448 e. The molecule has 5 N–H and O–H groups in total. The van der Waals surface area contributed by atoms with Crippen LogP contribution < -0.4 is 20.9 Å². The van der Waals surface area contributed by atoms with Gasteiger partial charge in [0.2, 0.25) is 5.95 Å². The minimum Gasteiger partial charge on any atom is -0.448 e. The third-order valence-electron chi connectivity index (χ3n) is 6.40. The topological polar surface area (TPSA) is 160 Å². The Morgan fingerprint density at radius 1 is 1.21 bits per heavy atom. The lowest BCUT2D eigenvalue weighted by Crippen LogP contribution is -2.49. The average molecular weight is 540 g/mol. The first-order valence-corrected chi connectivity index (χ1v) is 12.8. The lowest BCUT2D eigenvalue weighted by molar-refractivity contribution is 0.101. The van der Waals surface area contributed by atoms with Gasteiger partial charge in [0.25, 0.3) is 0 Å². The summed E-state index contributed by atoms with van der Waals surface area (Å²) < 4.78 is 6.85. The van der Waals surface area contributed by atoms with Crippen LogP contribution in [0.1, 0.15) is 24.1 Å². The van der Waals surface area contributed by atoms with Crippen LogP contribution in [0, 0.1) is 10.8 Å². The predicted octanol–water partition coefficient (Wildman–Crippen LogP) is 2.57. The number of nitrogens with zero attached hydrogens (tertiary/aromatic N) is 6. The minimum absolute atomic E-state index is 0.283. The summed E-state index contributed by atoms with van der Waals surface area (Å²) in [7, 11) is 1.81. The maximum Gasteiger partial charge on any atom is 0.409 e. The molecule has 1 amide bonds. The first-order valence-electron chi connectivity index (χ1n) is 12.5. The Hall–Kier alpha value is -3.97. The average Bonchev–Trinajstić information content (AvgIpc) is 3.65. The van der Waals surface area contributed by atoms with Crippen molar-refractivity contribution in [3.05, 3.63) is 34.6 Å². The van der Waals surface area contributed by atoms with Crippen molar-refractivity contribution in [2.24, 2.45) is 0 Å². The predicted molar refractivity (Wildman–Crippen MR) is 147 cm³/mol. The molecule has 2 fully saturated rings. The lowest BCUT2D eigenvalue weighted by atomic mass is 10.1. The van der Waals surface area contributed by atoms with Gasteiger partial charge in [0.05, 0.1) is 22.6 Å². The van der Waals surface area contributed by atoms with E-state index in [4.69, 9.17) is 27.2 Å². The standard InChI is InChI=1S/C24H30ClN11O2/c1-28-4-9-38-24(37)35-7-5-34(6-8-35)19-11-15(12-26)10-18(20(19)25)31-23-32-21(30-16-2-3-16)22-29-14-17(13-27)36(22)33-23/h10-14,16,26-28H,2-9H2,1H3,(H2,30,31,32,33). The number of carbonyl (C=O) groups is 1. The van der Waals surface area contributed by atoms with Gasteiger partial charge in [0.15, 0.2) is 11.5 Å². The van der Waals surface area contributed by atoms with Crippen LogP contribution in [-0.4, -0.2) is 95.4 Å². The van der Waals surface area contributed by atoms with Gasteiger partial charge in [-0.15, -0.1) is 5.10 Å². The van der Waals surface area contributed by atoms with Gasteiger partial charge in [0, 0.05) is 51.2 Å². The number of carbonyl (C=O) groups excluding carboxylic acids is 1. The number of imidazole rings is 1. The molecule has 0 atom stereocenters. The fraction of sp³-hybridized carbons (Fsp3) is 0.417. The molecular weight excluding hydrogens is 510 g/mol. The lowest BCUT2D eigenvalue weighted by Gasteiger charge is -2.36. The Bertz CT molecular complexity index is 1350. The van der Waals surface area contributed by atoms with Crippen molar-refractivity contribution in [2.45, 2.75) is 18.9 Å². The summed E-state index contributed by atoms with van der Waals surface area (Å²) in [5.41, 5.74) is 3.01. The van der Waals surface area contributed by atoms with Crippen LogP contribution in [0.3, 0.4) is 0 Å². The molecule has 3 aromatic rings. The van der Waals surface area contributed by atoms with Gasteiger partial charge in [-0.25, -0.2) is 14.3 Å². The quantitative estimate of drug-likeness (QED) is 0.193. The number of halogens is 1. The fourth-order valence-electron chi connectivity index (χ4n) is 4.19. The molecule has 1 saturated carbocycles. The monoisotopic (exact) mass is 539 g/mol. The molecule has 1 aliphatic carbocycles. The number of benzene rings is 1. The minimum atomic E-state index is -0.325. The molecule has 1 aliphatic heterocycles. The number of piperazine rings is 1. The fourth-order valence-corrected chi connectivity index (χ4v) is 4.46. The zero-order chi connectivity index (χ0) is 26.6. The molecule has 0 unspecified atom stereocenters. The summed E-state index contributed by atoms with van der Waals surface area (Å²) in [6, 6.07) is 3.97. The highest BCUT2D eigenvalue weighted by Crippen LogP contribution is 2.36. The molecule has 5 rings (SSSR count). The van der Waals surface area contributed by atoms with Gasteiger partial charge >= 0.3 is 6.09 Å². The van der Waals surface area contributed by atoms with Gasteiger partial charge in [-0.2, -0.15) is 4.98 Å². The van der Waals surface area contributed by atoms with Crippen LogP contribution in [0.15, 0.2) is 18.3 Å². The maximum atomic E-state index is 12.3. The van der Waals surface area contributed by atoms with Gasteiger partial charge in [-0.3, -0.25) is 0 Å². The molecule has 0 spiro atoms. The van der Waals surface area contributed by atoms with Crippen molar-refractivity contribution < 1.29 is 9.53 Å². The third-order valence-corrected chi connectivity index (χ3v) is 6.80. The van der Waals surface area contributed by atoms with E-state index in [1.54, 1.807) is 21.7 Å². The van der Waals surface area contributed by atoms with E-state index in [0.717, 1.165) is 18.5 Å². The number of hydrogen-bond donors (Lipinski definition) is 5. The number of fused-ring (bicyclic) bond motifs is 1. The van der Waals surface area contributed by atoms with Crippen molar-refractivity contribution in [1.82, 2.24) is 29.8 Å². The van der Waals surface area contributed by atoms with Crippen molar-refractivity contribution in [3.63, 3.8) is 0 Å². The highest BCUT2D eigenvalue weighted by molar-refractivity contribution is 6.36. The van der Waals surface area contributed by atoms with Gasteiger partial charge in [-0.1, -0.05) is 11.6 Å². The summed E-state index contributed by atoms with van der Waals surface area (Å²) in [5, 5.41) is 30.1. The Kier molecular flexibility index (Phi) is 7.56. The summed E-state index contributed by atoms with van der Waals surface area (Å²) in [5.74, 6) is 0.862. The molecule has 1 aromatic carbocycles. The molecule has 3 heterocycles. The van der Waals surface area contributed by atoms with E-state index in [-0.39, 0.29) is 12.0 Å². The van der Waals surface area contributed by atoms with Crippen LogP contribution in [0.4, 0.5) is 27.9 Å². The number of hydrogen-bond acceptors (Lipinski definition) is 11. The van der Waals surface area contributed by atoms with Crippen molar-refractivity contribution in [1.29, 1.82) is 10.8 Å². The molecule has 2 aromatic heterocycles. The van der Waals surface area contributed by atoms with E-state index in [1.165, 1.54) is 12.4 Å². The van der Waals surface area contributed by atoms with E-state index < -0.39 is 0 Å². The van der Waals surface area contributed by atoms with Crippen molar-refractivity contribution in [2.75, 3.05) is 61.9 Å². The Morgan fingerprint density at radius 3 is 2.68 bits per heavy atom. The Balaban J connectivity index is 1.38. The van der Waals surface area contributed by atoms with Crippen LogP contribution in [0.25, 0.3) is 5.65 Å². The molecule has 14 heteroatoms. The van der Waals surface area contributed by atoms with Crippen LogP contribution in [-0.2, 0) is 4.74 Å². The smallest absolute Gasteiger partial charge is 0.409 e. The van der Waals surface area contributed by atoms with Crippen LogP contribution in [0.5, 0.6) is 0 Å². The molecular formula is C24H30ClN11O2. The van der Waals surface area contributed by atoms with Crippen LogP contribution >= 0.6 is 11.6 Å². The third kappa shape index (κ3) is 5.48. The van der Waals surface area contributed by atoms with Crippen molar-refractivity contribution >= 4 is 58.9 Å². The molecule has 0 bridgehead atoms. The number of rotatable bonds is 10. The summed E-state index contributed by atoms with van der Waals surface area (Å²) in [6.07, 6.45) is 5.83. The molecule has 200 valence electrons. The second-order valence-electron chi connectivity index (χ2n) is 9.13. The number of nitrogens with one attached hydrogen (secondary N) is 5. The second-order valence-corrected chi connectivity index (χ2v) is 9.51. The molecule has 1 saturated heterocycles. The summed E-state index contributed by atoms with van der Waals surface area (Å²) in [4.78, 5) is 25.1. The first-order chi connectivity index (χ1) is 18.5. The maximum absolute atomic E-state index is 12.3. The van der Waals surface area contributed by atoms with E-state index in [9.17, 15) is 4.79 Å². The zero-order valence-electron chi connectivity index (χ0n) is 21.0. The molecule has 2 aliphatic rings. The van der Waals surface area contributed by atoms with Crippen LogP contribution in [0.2, 0.25) is 5.02 Å². The number of likely N-dealkylation sites (N-methyl/N-ethyl adjacent to an activating group) is 1. The zero-order valence-corrected chi connectivity index (χ0v) is 21.8. The number of amides is 1. The summed E-state index contributed by atoms with van der Waals surface area (Å²) >= 11 is 6.88. The number of anilines is 4. The number of aromatic nitrogens is 4. The van der Waals surface area contributed by atoms with Gasteiger partial charge in [0.1, 0.15) is 12.3 Å². The van der Waals surface area contributed by atoms with Crippen molar-refractivity contribution in [3.8, 4) is 0 Å². The second kappa shape index (κ2) is 11.2. The molecule has 13 nitrogen and oxygen atoms in total. The van der Waals surface area contributed by atoms with E-state index >= 15 is 0 Å². The van der Waals surface area contributed by atoms with E-state index in [0.29, 0.717) is 78.8 Å². The highest BCUT2D eigenvalue weighted by atomic mass is 35.5. The van der Waals surface area contributed by atoms with Gasteiger partial charge < -0.3 is 41.3 Å². The highest BCUT2D eigenvalue weighted by Gasteiger charge is 2.26. The first kappa shape index (κ1) is 25.7. The Labute approximate surface area is 224 Å². The van der Waals surface area contributed by atoms with E-state index in [1.807, 2.05) is 13.1 Å². The SMILES string of the molecule is CNCCOC(=O)N1CCN(c2cc(C=N)cc(Nc3nc(NC4CC4)c4ncc(C=N)n4n3)c2Cl)CC1. The normalized spacial score (nSPS) is 15.4. The van der Waals surface area contributed by atoms with E-state index in [2.05, 4.69) is 35.9 Å². The molecule has 0 radical (unpaired) electrons.